The fraction of sp³-hybridized carbons (Fsp3) is 0.419. The average Bonchev–Trinajstić information content (AvgIpc) is 2.86. The van der Waals surface area contributed by atoms with E-state index in [4.69, 9.17) is 4.74 Å². The lowest BCUT2D eigenvalue weighted by atomic mass is 9.83. The van der Waals surface area contributed by atoms with Crippen LogP contribution in [0.4, 0.5) is 8.78 Å². The molecule has 0 aliphatic heterocycles. The number of rotatable bonds is 9. The van der Waals surface area contributed by atoms with E-state index in [1.54, 1.807) is 0 Å². The molecule has 0 bridgehead atoms. The molecule has 34 heavy (non-hydrogen) atoms. The van der Waals surface area contributed by atoms with Crippen LogP contribution < -0.4 is 0 Å². The smallest absolute Gasteiger partial charge is 0.129 e. The van der Waals surface area contributed by atoms with Gasteiger partial charge in [-0.15, -0.1) is 0 Å². The molecular weight excluding hydrogens is 426 g/mol. The summed E-state index contributed by atoms with van der Waals surface area (Å²) < 4.78 is 35.6. The number of ether oxygens (including phenoxy) is 1. The summed E-state index contributed by atoms with van der Waals surface area (Å²) in [5.41, 5.74) is 3.97. The Balaban J connectivity index is 1.36. The van der Waals surface area contributed by atoms with Crippen LogP contribution in [0.15, 0.2) is 66.7 Å². The molecule has 3 heteroatoms. The molecule has 0 radical (unpaired) electrons. The van der Waals surface area contributed by atoms with E-state index in [1.165, 1.54) is 49.8 Å². The van der Waals surface area contributed by atoms with Crippen molar-refractivity contribution in [1.29, 1.82) is 0 Å². The third-order valence-corrected chi connectivity index (χ3v) is 7.34. The summed E-state index contributed by atoms with van der Waals surface area (Å²) in [4.78, 5) is 0. The maximum absolute atomic E-state index is 14.9. The van der Waals surface area contributed by atoms with Gasteiger partial charge in [0.05, 0.1) is 6.10 Å². The van der Waals surface area contributed by atoms with Crippen LogP contribution in [0.3, 0.4) is 0 Å². The maximum atomic E-state index is 14.9. The van der Waals surface area contributed by atoms with Gasteiger partial charge in [0.15, 0.2) is 0 Å². The molecular formula is C31H36F2O. The fourth-order valence-electron chi connectivity index (χ4n) is 5.23. The van der Waals surface area contributed by atoms with Crippen LogP contribution >= 0.6 is 0 Å². The first-order valence-corrected chi connectivity index (χ1v) is 12.8. The summed E-state index contributed by atoms with van der Waals surface area (Å²) in [6.07, 6.45) is 7.87. The van der Waals surface area contributed by atoms with Gasteiger partial charge in [-0.1, -0.05) is 61.5 Å². The lowest BCUT2D eigenvalue weighted by Crippen LogP contribution is -2.21. The SMILES string of the molecule is CCOC1CCC(CCc2ccc(-c3cc(F)c(C[C@H](C)c4ccccc4)c(F)c3)cc2)CC1. The van der Waals surface area contributed by atoms with E-state index in [-0.39, 0.29) is 11.5 Å². The van der Waals surface area contributed by atoms with Crippen LogP contribution in [-0.4, -0.2) is 12.7 Å². The third kappa shape index (κ3) is 6.33. The number of hydrogen-bond acceptors (Lipinski definition) is 1. The Morgan fingerprint density at radius 1 is 0.853 bits per heavy atom. The van der Waals surface area contributed by atoms with Crippen molar-refractivity contribution >= 4 is 0 Å². The maximum Gasteiger partial charge on any atom is 0.129 e. The molecule has 0 spiro atoms. The second-order valence-corrected chi connectivity index (χ2v) is 9.77. The van der Waals surface area contributed by atoms with Gasteiger partial charge in [-0.05, 0) is 98.1 Å². The molecule has 0 amide bonds. The van der Waals surface area contributed by atoms with E-state index >= 15 is 0 Å². The molecule has 1 atom stereocenters. The lowest BCUT2D eigenvalue weighted by molar-refractivity contribution is 0.0248. The Morgan fingerprint density at radius 2 is 1.50 bits per heavy atom. The zero-order chi connectivity index (χ0) is 23.9. The van der Waals surface area contributed by atoms with Crippen molar-refractivity contribution in [3.8, 4) is 11.1 Å². The van der Waals surface area contributed by atoms with Gasteiger partial charge in [0.25, 0.3) is 0 Å². The van der Waals surface area contributed by atoms with Crippen molar-refractivity contribution < 1.29 is 13.5 Å². The second kappa shape index (κ2) is 11.8. The highest BCUT2D eigenvalue weighted by Gasteiger charge is 2.21. The first kappa shape index (κ1) is 24.6. The summed E-state index contributed by atoms with van der Waals surface area (Å²) in [6, 6.07) is 21.0. The minimum absolute atomic E-state index is 0.0459. The van der Waals surface area contributed by atoms with E-state index in [1.807, 2.05) is 49.4 Å². The lowest BCUT2D eigenvalue weighted by Gasteiger charge is -2.28. The van der Waals surface area contributed by atoms with Crippen LogP contribution in [0, 0.1) is 17.6 Å². The van der Waals surface area contributed by atoms with Gasteiger partial charge in [-0.25, -0.2) is 8.78 Å². The molecule has 0 unspecified atom stereocenters. The molecule has 0 heterocycles. The summed E-state index contributed by atoms with van der Waals surface area (Å²) in [7, 11) is 0. The molecule has 1 nitrogen and oxygen atoms in total. The highest BCUT2D eigenvalue weighted by molar-refractivity contribution is 5.64. The summed E-state index contributed by atoms with van der Waals surface area (Å²) in [6.45, 7) is 4.88. The van der Waals surface area contributed by atoms with Crippen molar-refractivity contribution in [2.75, 3.05) is 6.61 Å². The van der Waals surface area contributed by atoms with Crippen molar-refractivity contribution in [3.63, 3.8) is 0 Å². The fourth-order valence-corrected chi connectivity index (χ4v) is 5.23. The quantitative estimate of drug-likeness (QED) is 0.310. The topological polar surface area (TPSA) is 9.23 Å². The van der Waals surface area contributed by atoms with Gasteiger partial charge in [0.1, 0.15) is 11.6 Å². The minimum atomic E-state index is -0.468. The molecule has 1 fully saturated rings. The van der Waals surface area contributed by atoms with Gasteiger partial charge in [-0.2, -0.15) is 0 Å². The Kier molecular flexibility index (Phi) is 8.50. The van der Waals surface area contributed by atoms with E-state index in [2.05, 4.69) is 19.1 Å². The molecule has 3 aromatic rings. The first-order chi connectivity index (χ1) is 16.5. The average molecular weight is 463 g/mol. The molecule has 1 aliphatic carbocycles. The molecule has 1 aliphatic rings. The molecule has 0 N–H and O–H groups in total. The summed E-state index contributed by atoms with van der Waals surface area (Å²) in [5, 5.41) is 0. The Morgan fingerprint density at radius 3 is 2.12 bits per heavy atom. The second-order valence-electron chi connectivity index (χ2n) is 9.77. The van der Waals surface area contributed by atoms with Crippen molar-refractivity contribution in [2.45, 2.75) is 70.8 Å². The predicted octanol–water partition coefficient (Wildman–Crippen LogP) is 8.51. The molecule has 4 rings (SSSR count). The van der Waals surface area contributed by atoms with E-state index in [0.29, 0.717) is 18.1 Å². The highest BCUT2D eigenvalue weighted by atomic mass is 19.1. The standard InChI is InChI=1S/C31H36F2O/c1-3-34-28-17-13-24(14-18-28)10-9-23-11-15-26(16-12-23)27-20-30(32)29(31(33)21-27)19-22(2)25-7-5-4-6-8-25/h4-8,11-12,15-16,20-22,24,28H,3,9-10,13-14,17-19H2,1-2H3/t22-,24?,28?/m0/s1. The Hall–Kier alpha value is -2.52. The van der Waals surface area contributed by atoms with Gasteiger partial charge in [-0.3, -0.25) is 0 Å². The van der Waals surface area contributed by atoms with Crippen molar-refractivity contribution in [1.82, 2.24) is 0 Å². The van der Waals surface area contributed by atoms with Gasteiger partial charge >= 0.3 is 0 Å². The normalized spacial score (nSPS) is 19.2. The Labute approximate surface area is 203 Å². The van der Waals surface area contributed by atoms with Crippen molar-refractivity contribution in [3.05, 3.63) is 95.1 Å². The number of halogens is 2. The Bertz CT molecular complexity index is 1010. The number of aryl methyl sites for hydroxylation is 1. The van der Waals surface area contributed by atoms with E-state index < -0.39 is 11.6 Å². The van der Waals surface area contributed by atoms with E-state index in [9.17, 15) is 8.78 Å². The third-order valence-electron chi connectivity index (χ3n) is 7.34. The zero-order valence-electron chi connectivity index (χ0n) is 20.4. The molecule has 0 saturated heterocycles. The largest absolute Gasteiger partial charge is 0.379 e. The zero-order valence-corrected chi connectivity index (χ0v) is 20.4. The van der Waals surface area contributed by atoms with Crippen molar-refractivity contribution in [2.24, 2.45) is 5.92 Å². The van der Waals surface area contributed by atoms with Crippen LogP contribution in [0.25, 0.3) is 11.1 Å². The van der Waals surface area contributed by atoms with E-state index in [0.717, 1.165) is 30.1 Å². The first-order valence-electron chi connectivity index (χ1n) is 12.8. The van der Waals surface area contributed by atoms with Crippen LogP contribution in [0.5, 0.6) is 0 Å². The molecule has 1 saturated carbocycles. The number of hydrogen-bond donors (Lipinski definition) is 0. The van der Waals surface area contributed by atoms with Crippen LogP contribution in [-0.2, 0) is 17.6 Å². The number of benzene rings is 3. The van der Waals surface area contributed by atoms with Crippen LogP contribution in [0.1, 0.15) is 68.6 Å². The highest BCUT2D eigenvalue weighted by Crippen LogP contribution is 2.31. The molecule has 180 valence electrons. The van der Waals surface area contributed by atoms with Gasteiger partial charge < -0.3 is 4.74 Å². The predicted molar refractivity (Wildman–Crippen MR) is 136 cm³/mol. The summed E-state index contributed by atoms with van der Waals surface area (Å²) in [5.74, 6) is -0.121. The molecule has 0 aromatic heterocycles. The molecule has 3 aromatic carbocycles. The monoisotopic (exact) mass is 462 g/mol. The minimum Gasteiger partial charge on any atom is -0.379 e. The van der Waals surface area contributed by atoms with Gasteiger partial charge in [0, 0.05) is 12.2 Å². The van der Waals surface area contributed by atoms with Crippen LogP contribution in [0.2, 0.25) is 0 Å². The summed E-state index contributed by atoms with van der Waals surface area (Å²) >= 11 is 0. The van der Waals surface area contributed by atoms with Gasteiger partial charge in [0.2, 0.25) is 0 Å².